The number of rotatable bonds is 6. The Kier molecular flexibility index (Phi) is 6.61. The summed E-state index contributed by atoms with van der Waals surface area (Å²) in [4.78, 5) is 11.4. The van der Waals surface area contributed by atoms with Gasteiger partial charge in [-0.15, -0.1) is 0 Å². The maximum absolute atomic E-state index is 13.6. The molecule has 0 saturated carbocycles. The maximum Gasteiger partial charge on any atom is 0.417 e. The molecule has 0 bridgehead atoms. The number of alkyl halides is 3. The van der Waals surface area contributed by atoms with Gasteiger partial charge < -0.3 is 5.32 Å². The second kappa shape index (κ2) is 9.85. The standard InChI is InChI=1S/C26H26F4N6/c1-17(35-13-3-2-4-14-35)15-32-25-31-12-11-21(33-25)23-22-10-7-19(26(28,29)30)16-36(22)34-24(23)18-5-8-20(27)9-6-18/h5-12,16-17H,2-4,13-15H2,1H3,(H,31,32,33). The highest BCUT2D eigenvalue weighted by atomic mass is 19.4. The molecule has 36 heavy (non-hydrogen) atoms. The molecule has 188 valence electrons. The minimum Gasteiger partial charge on any atom is -0.353 e. The van der Waals surface area contributed by atoms with Crippen LogP contribution in [0.1, 0.15) is 31.7 Å². The summed E-state index contributed by atoms with van der Waals surface area (Å²) in [5.74, 6) is 0.00690. The van der Waals surface area contributed by atoms with E-state index in [2.05, 4.69) is 32.2 Å². The third kappa shape index (κ3) is 5.04. The van der Waals surface area contributed by atoms with Crippen molar-refractivity contribution >= 4 is 11.5 Å². The highest BCUT2D eigenvalue weighted by molar-refractivity contribution is 5.91. The number of nitrogens with one attached hydrogen (secondary N) is 1. The third-order valence-corrected chi connectivity index (χ3v) is 6.56. The van der Waals surface area contributed by atoms with Crippen molar-refractivity contribution in [3.05, 3.63) is 66.2 Å². The number of benzene rings is 1. The van der Waals surface area contributed by atoms with Gasteiger partial charge in [-0.1, -0.05) is 6.42 Å². The quantitative estimate of drug-likeness (QED) is 0.336. The predicted octanol–water partition coefficient (Wildman–Crippen LogP) is 5.90. The number of aromatic nitrogens is 4. The molecule has 0 amide bonds. The van der Waals surface area contributed by atoms with Crippen LogP contribution in [0.4, 0.5) is 23.5 Å². The first-order chi connectivity index (χ1) is 17.3. The van der Waals surface area contributed by atoms with E-state index in [1.54, 1.807) is 24.4 Å². The van der Waals surface area contributed by atoms with E-state index in [0.29, 0.717) is 46.6 Å². The largest absolute Gasteiger partial charge is 0.417 e. The van der Waals surface area contributed by atoms with E-state index in [9.17, 15) is 17.6 Å². The highest BCUT2D eigenvalue weighted by Crippen LogP contribution is 2.36. The Morgan fingerprint density at radius 2 is 1.75 bits per heavy atom. The molecule has 10 heteroatoms. The minimum atomic E-state index is -4.51. The normalized spacial score (nSPS) is 15.8. The van der Waals surface area contributed by atoms with Gasteiger partial charge in [-0.25, -0.2) is 18.9 Å². The fraction of sp³-hybridized carbons (Fsp3) is 0.346. The first-order valence-electron chi connectivity index (χ1n) is 12.0. The van der Waals surface area contributed by atoms with Crippen LogP contribution in [0.15, 0.2) is 54.9 Å². The number of pyridine rings is 1. The number of anilines is 1. The maximum atomic E-state index is 13.6. The van der Waals surface area contributed by atoms with Gasteiger partial charge in [-0.05, 0) is 75.3 Å². The van der Waals surface area contributed by atoms with Gasteiger partial charge in [0.2, 0.25) is 5.95 Å². The van der Waals surface area contributed by atoms with Crippen LogP contribution in [0.5, 0.6) is 0 Å². The fourth-order valence-electron chi connectivity index (χ4n) is 4.59. The number of hydrogen-bond donors (Lipinski definition) is 1. The van der Waals surface area contributed by atoms with E-state index in [1.165, 1.54) is 42.0 Å². The monoisotopic (exact) mass is 498 g/mol. The lowest BCUT2D eigenvalue weighted by atomic mass is 10.0. The van der Waals surface area contributed by atoms with Gasteiger partial charge in [0, 0.05) is 30.5 Å². The van der Waals surface area contributed by atoms with Crippen molar-refractivity contribution in [3.8, 4) is 22.5 Å². The van der Waals surface area contributed by atoms with Crippen molar-refractivity contribution in [2.45, 2.75) is 38.4 Å². The number of likely N-dealkylation sites (tertiary alicyclic amines) is 1. The molecule has 1 atom stereocenters. The molecule has 1 saturated heterocycles. The van der Waals surface area contributed by atoms with Gasteiger partial charge in [0.15, 0.2) is 0 Å². The molecule has 1 aliphatic rings. The van der Waals surface area contributed by atoms with E-state index in [0.717, 1.165) is 25.4 Å². The van der Waals surface area contributed by atoms with Gasteiger partial charge in [-0.2, -0.15) is 18.3 Å². The molecule has 3 aromatic heterocycles. The lowest BCUT2D eigenvalue weighted by Gasteiger charge is -2.32. The van der Waals surface area contributed by atoms with Crippen LogP contribution in [0.2, 0.25) is 0 Å². The van der Waals surface area contributed by atoms with Crippen molar-refractivity contribution in [1.29, 1.82) is 0 Å². The first-order valence-corrected chi connectivity index (χ1v) is 12.0. The Morgan fingerprint density at radius 3 is 2.47 bits per heavy atom. The third-order valence-electron chi connectivity index (χ3n) is 6.56. The molecule has 0 radical (unpaired) electrons. The van der Waals surface area contributed by atoms with Crippen LogP contribution < -0.4 is 5.32 Å². The van der Waals surface area contributed by atoms with Crippen LogP contribution in [0.25, 0.3) is 28.0 Å². The molecule has 1 aliphatic heterocycles. The van der Waals surface area contributed by atoms with Crippen molar-refractivity contribution < 1.29 is 17.6 Å². The molecule has 0 spiro atoms. The number of nitrogens with zero attached hydrogens (tertiary/aromatic N) is 5. The van der Waals surface area contributed by atoms with Crippen molar-refractivity contribution in [2.75, 3.05) is 25.0 Å². The molecule has 1 fully saturated rings. The molecule has 4 aromatic rings. The summed E-state index contributed by atoms with van der Waals surface area (Å²) in [6, 6.07) is 10.1. The van der Waals surface area contributed by atoms with Crippen LogP contribution in [0.3, 0.4) is 0 Å². The Balaban J connectivity index is 1.52. The molecule has 4 heterocycles. The molecular weight excluding hydrogens is 472 g/mol. The van der Waals surface area contributed by atoms with Crippen LogP contribution in [-0.4, -0.2) is 50.2 Å². The summed E-state index contributed by atoms with van der Waals surface area (Å²) in [7, 11) is 0. The summed E-state index contributed by atoms with van der Waals surface area (Å²) in [5, 5.41) is 7.73. The number of halogens is 4. The lowest BCUT2D eigenvalue weighted by Crippen LogP contribution is -2.41. The number of piperidine rings is 1. The van der Waals surface area contributed by atoms with Crippen molar-refractivity contribution in [1.82, 2.24) is 24.5 Å². The van der Waals surface area contributed by atoms with E-state index in [1.807, 2.05) is 0 Å². The van der Waals surface area contributed by atoms with E-state index >= 15 is 0 Å². The van der Waals surface area contributed by atoms with Gasteiger partial charge in [0.1, 0.15) is 11.5 Å². The average molecular weight is 499 g/mol. The lowest BCUT2D eigenvalue weighted by molar-refractivity contribution is -0.137. The Morgan fingerprint density at radius 1 is 1.00 bits per heavy atom. The van der Waals surface area contributed by atoms with E-state index in [-0.39, 0.29) is 0 Å². The number of fused-ring (bicyclic) bond motifs is 1. The van der Waals surface area contributed by atoms with Gasteiger partial charge in [0.25, 0.3) is 0 Å². The molecule has 6 nitrogen and oxygen atoms in total. The predicted molar refractivity (Wildman–Crippen MR) is 130 cm³/mol. The first kappa shape index (κ1) is 24.2. The average Bonchev–Trinajstić information content (AvgIpc) is 3.27. The summed E-state index contributed by atoms with van der Waals surface area (Å²) in [6.45, 7) is 4.98. The van der Waals surface area contributed by atoms with E-state index in [4.69, 9.17) is 0 Å². The molecule has 5 rings (SSSR count). The fourth-order valence-corrected chi connectivity index (χ4v) is 4.59. The second-order valence-corrected chi connectivity index (χ2v) is 9.07. The van der Waals surface area contributed by atoms with Gasteiger partial charge in [0.05, 0.1) is 22.3 Å². The second-order valence-electron chi connectivity index (χ2n) is 9.07. The molecule has 0 aliphatic carbocycles. The SMILES string of the molecule is CC(CNc1nccc(-c2c(-c3ccc(F)cc3)nn3cc(C(F)(F)F)ccc23)n1)N1CCCCC1. The highest BCUT2D eigenvalue weighted by Gasteiger charge is 2.31. The van der Waals surface area contributed by atoms with Crippen LogP contribution in [0, 0.1) is 5.82 Å². The molecule has 1 aromatic carbocycles. The smallest absolute Gasteiger partial charge is 0.353 e. The Bertz CT molecular complexity index is 1340. The topological polar surface area (TPSA) is 58.4 Å². The zero-order valence-electron chi connectivity index (χ0n) is 19.8. The molecule has 1 N–H and O–H groups in total. The molecule has 1 unspecified atom stereocenters. The Hall–Kier alpha value is -3.53. The zero-order chi connectivity index (χ0) is 25.3. The van der Waals surface area contributed by atoms with Gasteiger partial charge in [-0.3, -0.25) is 4.90 Å². The summed E-state index contributed by atoms with van der Waals surface area (Å²) in [6.07, 6.45) is 1.72. The minimum absolute atomic E-state index is 0.310. The summed E-state index contributed by atoms with van der Waals surface area (Å²) >= 11 is 0. The van der Waals surface area contributed by atoms with E-state index < -0.39 is 17.6 Å². The van der Waals surface area contributed by atoms with Crippen LogP contribution in [-0.2, 0) is 6.18 Å². The van der Waals surface area contributed by atoms with Gasteiger partial charge >= 0.3 is 6.18 Å². The van der Waals surface area contributed by atoms with Crippen molar-refractivity contribution in [3.63, 3.8) is 0 Å². The zero-order valence-corrected chi connectivity index (χ0v) is 19.8. The summed E-state index contributed by atoms with van der Waals surface area (Å²) < 4.78 is 54.8. The Labute approximate surface area is 206 Å². The molecular formula is C26H26F4N6. The summed E-state index contributed by atoms with van der Waals surface area (Å²) in [5.41, 5.74) is 1.66. The number of hydrogen-bond acceptors (Lipinski definition) is 5. The van der Waals surface area contributed by atoms with Crippen molar-refractivity contribution in [2.24, 2.45) is 0 Å². The van der Waals surface area contributed by atoms with Crippen LogP contribution >= 0.6 is 0 Å².